The van der Waals surface area contributed by atoms with Gasteiger partial charge in [-0.05, 0) is 34.1 Å². The number of benzene rings is 1. The lowest BCUT2D eigenvalue weighted by Gasteiger charge is -2.12. The van der Waals surface area contributed by atoms with E-state index in [-0.39, 0.29) is 15.9 Å². The molecule has 0 aromatic heterocycles. The third-order valence-electron chi connectivity index (χ3n) is 1.78. The molecule has 0 heterocycles. The topological polar surface area (TPSA) is 64.4 Å². The van der Waals surface area contributed by atoms with Gasteiger partial charge in [0, 0.05) is 5.69 Å². The number of carbonyl (C=O) groups is 1. The summed E-state index contributed by atoms with van der Waals surface area (Å²) in [6, 6.07) is 3.62. The number of hydrogen-bond acceptors (Lipinski definition) is 3. The van der Waals surface area contributed by atoms with Crippen LogP contribution in [-0.2, 0) is 4.79 Å². The van der Waals surface area contributed by atoms with Crippen molar-refractivity contribution in [2.24, 2.45) is 5.73 Å². The lowest BCUT2D eigenvalue weighted by atomic mass is 10.3. The molecule has 1 amide bonds. The van der Waals surface area contributed by atoms with E-state index in [2.05, 4.69) is 38.2 Å². The summed E-state index contributed by atoms with van der Waals surface area (Å²) in [6.45, 7) is 0. The molecular weight excluding hydrogens is 349 g/mol. The normalized spacial score (nSPS) is 10.9. The van der Waals surface area contributed by atoms with Gasteiger partial charge in [-0.2, -0.15) is 0 Å². The second-order valence-electron chi connectivity index (χ2n) is 3.38. The maximum absolute atomic E-state index is 12.0. The molecule has 0 fully saturated rings. The van der Waals surface area contributed by atoms with E-state index in [9.17, 15) is 18.0 Å². The molecule has 0 aliphatic carbocycles. The molecule has 0 aliphatic heterocycles. The lowest BCUT2D eigenvalue weighted by molar-refractivity contribution is -0.274. The van der Waals surface area contributed by atoms with Crippen molar-refractivity contribution in [2.45, 2.75) is 12.8 Å². The molecule has 3 N–H and O–H groups in total. The monoisotopic (exact) mass is 356 g/mol. The number of ether oxygens (including phenoxy) is 1. The number of hydrogen-bond donors (Lipinski definition) is 2. The van der Waals surface area contributed by atoms with Gasteiger partial charge in [-0.1, -0.05) is 12.2 Å². The van der Waals surface area contributed by atoms with Crippen molar-refractivity contribution in [3.8, 4) is 5.75 Å². The number of rotatable bonds is 4. The molecule has 0 atom stereocenters. The number of alkyl halides is 3. The van der Waals surface area contributed by atoms with Crippen LogP contribution >= 0.6 is 28.1 Å². The molecule has 0 unspecified atom stereocenters. The number of nitrogens with one attached hydrogen (secondary N) is 1. The molecule has 9 heteroatoms. The predicted molar refractivity (Wildman–Crippen MR) is 70.9 cm³/mol. The predicted octanol–water partition coefficient (Wildman–Crippen LogP) is 2.96. The zero-order valence-corrected chi connectivity index (χ0v) is 11.7. The van der Waals surface area contributed by atoms with Crippen molar-refractivity contribution in [1.82, 2.24) is 0 Å². The maximum atomic E-state index is 12.0. The van der Waals surface area contributed by atoms with E-state index in [1.165, 1.54) is 12.1 Å². The molecule has 1 rings (SSSR count). The van der Waals surface area contributed by atoms with E-state index in [0.29, 0.717) is 5.69 Å². The number of amides is 1. The van der Waals surface area contributed by atoms with Gasteiger partial charge < -0.3 is 15.8 Å². The highest BCUT2D eigenvalue weighted by Crippen LogP contribution is 2.32. The second-order valence-corrected chi connectivity index (χ2v) is 4.76. The Balaban J connectivity index is 2.77. The van der Waals surface area contributed by atoms with E-state index in [0.717, 1.165) is 6.07 Å². The summed E-state index contributed by atoms with van der Waals surface area (Å²) in [5.41, 5.74) is 5.48. The van der Waals surface area contributed by atoms with Crippen molar-refractivity contribution in [1.29, 1.82) is 0 Å². The highest BCUT2D eigenvalue weighted by atomic mass is 79.9. The minimum atomic E-state index is -4.78. The van der Waals surface area contributed by atoms with Gasteiger partial charge in [0.05, 0.1) is 15.9 Å². The Morgan fingerprint density at radius 2 is 2.11 bits per heavy atom. The van der Waals surface area contributed by atoms with Crippen molar-refractivity contribution >= 4 is 44.7 Å². The summed E-state index contributed by atoms with van der Waals surface area (Å²) < 4.78 is 39.9. The molecule has 104 valence electrons. The quantitative estimate of drug-likeness (QED) is 0.814. The third kappa shape index (κ3) is 5.88. The zero-order valence-electron chi connectivity index (χ0n) is 9.25. The van der Waals surface area contributed by atoms with Crippen LogP contribution in [0.15, 0.2) is 22.7 Å². The Hall–Kier alpha value is -1.35. The SMILES string of the molecule is NC(=S)CC(=O)Nc1ccc(OC(F)(F)F)c(Br)c1. The summed E-state index contributed by atoms with van der Waals surface area (Å²) in [5.74, 6) is -0.858. The molecule has 0 radical (unpaired) electrons. The summed E-state index contributed by atoms with van der Waals surface area (Å²) in [6.07, 6.45) is -4.92. The standard InChI is InChI=1S/C10H8BrF3N2O2S/c11-6-3-5(16-9(17)4-8(15)19)1-2-7(6)18-10(12,13)14/h1-3H,4H2,(H2,15,19)(H,16,17). The Labute approximate surface area is 120 Å². The van der Waals surface area contributed by atoms with Crippen LogP contribution in [0.1, 0.15) is 6.42 Å². The second kappa shape index (κ2) is 6.20. The van der Waals surface area contributed by atoms with Gasteiger partial charge in [0.15, 0.2) is 0 Å². The Bertz CT molecular complexity index is 508. The average molecular weight is 357 g/mol. The molecule has 19 heavy (non-hydrogen) atoms. The minimum Gasteiger partial charge on any atom is -0.405 e. The van der Waals surface area contributed by atoms with Crippen molar-refractivity contribution in [3.05, 3.63) is 22.7 Å². The van der Waals surface area contributed by atoms with Crippen LogP contribution < -0.4 is 15.8 Å². The molecule has 1 aromatic carbocycles. The van der Waals surface area contributed by atoms with Gasteiger partial charge in [0.1, 0.15) is 5.75 Å². The van der Waals surface area contributed by atoms with Gasteiger partial charge in [-0.15, -0.1) is 13.2 Å². The number of carbonyl (C=O) groups excluding carboxylic acids is 1. The number of halogens is 4. The van der Waals surface area contributed by atoms with Crippen LogP contribution in [0.3, 0.4) is 0 Å². The Kier molecular flexibility index (Phi) is 5.12. The summed E-state index contributed by atoms with van der Waals surface area (Å²) in [4.78, 5) is 11.4. The minimum absolute atomic E-state index is 0.0218. The summed E-state index contributed by atoms with van der Waals surface area (Å²) in [7, 11) is 0. The molecule has 0 spiro atoms. The van der Waals surface area contributed by atoms with Gasteiger partial charge >= 0.3 is 6.36 Å². The van der Waals surface area contributed by atoms with Crippen LogP contribution in [0.2, 0.25) is 0 Å². The molecule has 0 saturated carbocycles. The van der Waals surface area contributed by atoms with Crippen LogP contribution in [0.25, 0.3) is 0 Å². The Morgan fingerprint density at radius 1 is 1.47 bits per heavy atom. The fraction of sp³-hybridized carbons (Fsp3) is 0.200. The molecule has 0 bridgehead atoms. The highest BCUT2D eigenvalue weighted by Gasteiger charge is 2.31. The molecule has 0 aliphatic rings. The van der Waals surface area contributed by atoms with Crippen molar-refractivity contribution < 1.29 is 22.7 Å². The fourth-order valence-electron chi connectivity index (χ4n) is 1.15. The van der Waals surface area contributed by atoms with E-state index in [1.54, 1.807) is 0 Å². The fourth-order valence-corrected chi connectivity index (χ4v) is 1.74. The first-order valence-corrected chi connectivity index (χ1v) is 6.01. The third-order valence-corrected chi connectivity index (χ3v) is 2.54. The van der Waals surface area contributed by atoms with Crippen LogP contribution in [0, 0.1) is 0 Å². The number of anilines is 1. The average Bonchev–Trinajstić information content (AvgIpc) is 2.19. The van der Waals surface area contributed by atoms with Crippen molar-refractivity contribution in [3.63, 3.8) is 0 Å². The lowest BCUT2D eigenvalue weighted by Crippen LogP contribution is -2.20. The van der Waals surface area contributed by atoms with E-state index < -0.39 is 18.0 Å². The summed E-state index contributed by atoms with van der Waals surface area (Å²) in [5, 5.41) is 2.43. The zero-order chi connectivity index (χ0) is 14.6. The van der Waals surface area contributed by atoms with Crippen LogP contribution in [0.5, 0.6) is 5.75 Å². The first-order valence-electron chi connectivity index (χ1n) is 4.81. The largest absolute Gasteiger partial charge is 0.573 e. The smallest absolute Gasteiger partial charge is 0.405 e. The first kappa shape index (κ1) is 15.7. The van der Waals surface area contributed by atoms with Crippen molar-refractivity contribution in [2.75, 3.05) is 5.32 Å². The number of nitrogens with two attached hydrogens (primary N) is 1. The molecular formula is C10H8BrF3N2O2S. The van der Waals surface area contributed by atoms with Gasteiger partial charge in [-0.25, -0.2) is 0 Å². The van der Waals surface area contributed by atoms with E-state index >= 15 is 0 Å². The molecule has 0 saturated heterocycles. The Morgan fingerprint density at radius 3 is 2.58 bits per heavy atom. The van der Waals surface area contributed by atoms with E-state index in [4.69, 9.17) is 5.73 Å². The molecule has 4 nitrogen and oxygen atoms in total. The van der Waals surface area contributed by atoms with Gasteiger partial charge in [-0.3, -0.25) is 4.79 Å². The highest BCUT2D eigenvalue weighted by molar-refractivity contribution is 9.10. The van der Waals surface area contributed by atoms with Crippen LogP contribution in [-0.4, -0.2) is 17.3 Å². The maximum Gasteiger partial charge on any atom is 0.573 e. The van der Waals surface area contributed by atoms with E-state index in [1.807, 2.05) is 0 Å². The van der Waals surface area contributed by atoms with Crippen LogP contribution in [0.4, 0.5) is 18.9 Å². The molecule has 1 aromatic rings. The number of thiocarbonyl (C=S) groups is 1. The van der Waals surface area contributed by atoms with Gasteiger partial charge in [0.2, 0.25) is 5.91 Å². The summed E-state index contributed by atoms with van der Waals surface area (Å²) >= 11 is 7.47. The first-order chi connectivity index (χ1) is 8.67. The van der Waals surface area contributed by atoms with Gasteiger partial charge in [0.25, 0.3) is 0 Å².